The van der Waals surface area contributed by atoms with Crippen LogP contribution in [0.2, 0.25) is 0 Å². The van der Waals surface area contributed by atoms with Gasteiger partial charge in [0.1, 0.15) is 12.0 Å². The van der Waals surface area contributed by atoms with Gasteiger partial charge in [-0.2, -0.15) is 0 Å². The van der Waals surface area contributed by atoms with E-state index in [4.69, 9.17) is 4.42 Å². The molecular weight excluding hydrogens is 292 g/mol. The zero-order valence-electron chi connectivity index (χ0n) is 13.0. The predicted octanol–water partition coefficient (Wildman–Crippen LogP) is 3.49. The Balaban J connectivity index is 2.00. The third-order valence-corrected chi connectivity index (χ3v) is 3.73. The van der Waals surface area contributed by atoms with E-state index >= 15 is 0 Å². The molecule has 2 aromatic rings. The van der Waals surface area contributed by atoms with Crippen molar-refractivity contribution in [1.82, 2.24) is 0 Å². The lowest BCUT2D eigenvalue weighted by atomic mass is 9.92. The van der Waals surface area contributed by atoms with E-state index in [0.29, 0.717) is 11.5 Å². The summed E-state index contributed by atoms with van der Waals surface area (Å²) in [5.74, 6) is -0.904. The van der Waals surface area contributed by atoms with E-state index in [1.807, 2.05) is 18.2 Å². The van der Waals surface area contributed by atoms with E-state index in [9.17, 15) is 14.4 Å². The van der Waals surface area contributed by atoms with Gasteiger partial charge in [-0.05, 0) is 36.1 Å². The van der Waals surface area contributed by atoms with Crippen LogP contribution < -0.4 is 0 Å². The van der Waals surface area contributed by atoms with Gasteiger partial charge in [0, 0.05) is 5.56 Å². The number of fused-ring (bicyclic) bond motifs is 1. The minimum Gasteiger partial charge on any atom is -0.463 e. The summed E-state index contributed by atoms with van der Waals surface area (Å²) in [5.41, 5.74) is 1.76. The molecule has 0 atom stereocenters. The SMILES string of the molecule is CC(C)Cc1cccc(C(=O)c2coc3c2C(=O)C(=O)C=C3)c1. The molecule has 1 aromatic heterocycles. The van der Waals surface area contributed by atoms with Crippen molar-refractivity contribution in [3.8, 4) is 0 Å². The van der Waals surface area contributed by atoms with Crippen LogP contribution in [0, 0.1) is 5.92 Å². The molecule has 0 amide bonds. The third-order valence-electron chi connectivity index (χ3n) is 3.73. The first-order valence-electron chi connectivity index (χ1n) is 7.49. The monoisotopic (exact) mass is 308 g/mol. The van der Waals surface area contributed by atoms with Crippen LogP contribution >= 0.6 is 0 Å². The molecule has 0 N–H and O–H groups in total. The fourth-order valence-electron chi connectivity index (χ4n) is 2.71. The van der Waals surface area contributed by atoms with Crippen LogP contribution in [0.25, 0.3) is 6.08 Å². The number of allylic oxidation sites excluding steroid dienone is 1. The molecule has 0 fully saturated rings. The van der Waals surface area contributed by atoms with Crippen molar-refractivity contribution in [1.29, 1.82) is 0 Å². The number of benzene rings is 1. The standard InChI is InChI=1S/C19H16O4/c1-11(2)8-12-4-3-5-13(9-12)18(21)14-10-23-16-7-6-15(20)19(22)17(14)16/h3-7,9-11H,8H2,1-2H3. The van der Waals surface area contributed by atoms with Gasteiger partial charge in [0.25, 0.3) is 0 Å². The second-order valence-electron chi connectivity index (χ2n) is 6.04. The van der Waals surface area contributed by atoms with E-state index in [1.165, 1.54) is 12.3 Å². The van der Waals surface area contributed by atoms with Crippen molar-refractivity contribution in [2.45, 2.75) is 20.3 Å². The van der Waals surface area contributed by atoms with Crippen LogP contribution in [-0.2, 0) is 11.2 Å². The lowest BCUT2D eigenvalue weighted by molar-refractivity contribution is -0.110. The molecule has 4 nitrogen and oxygen atoms in total. The quantitative estimate of drug-likeness (QED) is 0.640. The third kappa shape index (κ3) is 2.80. The summed E-state index contributed by atoms with van der Waals surface area (Å²) in [4.78, 5) is 36.3. The zero-order chi connectivity index (χ0) is 16.6. The van der Waals surface area contributed by atoms with Crippen molar-refractivity contribution in [2.75, 3.05) is 0 Å². The summed E-state index contributed by atoms with van der Waals surface area (Å²) in [6, 6.07) is 7.33. The lowest BCUT2D eigenvalue weighted by Crippen LogP contribution is -2.18. The van der Waals surface area contributed by atoms with Crippen molar-refractivity contribution in [2.24, 2.45) is 5.92 Å². The first-order valence-corrected chi connectivity index (χ1v) is 7.49. The van der Waals surface area contributed by atoms with Gasteiger partial charge in [0.05, 0.1) is 11.1 Å². The molecule has 3 rings (SSSR count). The van der Waals surface area contributed by atoms with Crippen molar-refractivity contribution < 1.29 is 18.8 Å². The Hall–Kier alpha value is -2.75. The molecule has 0 aliphatic heterocycles. The summed E-state index contributed by atoms with van der Waals surface area (Å²) < 4.78 is 5.26. The first-order chi connectivity index (χ1) is 11.0. The minimum atomic E-state index is -0.696. The summed E-state index contributed by atoms with van der Waals surface area (Å²) in [5, 5.41) is 0. The molecule has 0 saturated heterocycles. The van der Waals surface area contributed by atoms with Crippen LogP contribution in [0.5, 0.6) is 0 Å². The van der Waals surface area contributed by atoms with Crippen LogP contribution in [0.3, 0.4) is 0 Å². The fourth-order valence-corrected chi connectivity index (χ4v) is 2.71. The highest BCUT2D eigenvalue weighted by molar-refractivity contribution is 6.51. The number of rotatable bonds is 4. The van der Waals surface area contributed by atoms with Gasteiger partial charge >= 0.3 is 0 Å². The number of hydrogen-bond donors (Lipinski definition) is 0. The average Bonchev–Trinajstić information content (AvgIpc) is 2.94. The lowest BCUT2D eigenvalue weighted by Gasteiger charge is -2.08. The highest BCUT2D eigenvalue weighted by atomic mass is 16.3. The first kappa shape index (κ1) is 15.2. The molecule has 116 valence electrons. The van der Waals surface area contributed by atoms with E-state index in [1.54, 1.807) is 6.07 Å². The number of carbonyl (C=O) groups excluding carboxylic acids is 3. The van der Waals surface area contributed by atoms with E-state index in [0.717, 1.165) is 18.1 Å². The predicted molar refractivity (Wildman–Crippen MR) is 85.5 cm³/mol. The normalized spacial score (nSPS) is 13.5. The van der Waals surface area contributed by atoms with Gasteiger partial charge in [0.15, 0.2) is 5.78 Å². The summed E-state index contributed by atoms with van der Waals surface area (Å²) in [6.07, 6.45) is 4.70. The second kappa shape index (κ2) is 5.80. The van der Waals surface area contributed by atoms with Crippen LogP contribution in [-0.4, -0.2) is 17.3 Å². The molecule has 1 aliphatic carbocycles. The Morgan fingerprint density at radius 2 is 1.96 bits per heavy atom. The number of Topliss-reactive ketones (excluding diaryl/α,β-unsaturated/α-hetero) is 1. The average molecular weight is 308 g/mol. The smallest absolute Gasteiger partial charge is 0.237 e. The molecule has 0 unspecified atom stereocenters. The van der Waals surface area contributed by atoms with Crippen molar-refractivity contribution in [3.05, 3.63) is 64.6 Å². The number of ketones is 3. The number of furan rings is 1. The van der Waals surface area contributed by atoms with Gasteiger partial charge in [-0.3, -0.25) is 14.4 Å². The molecule has 0 spiro atoms. The Labute approximate surface area is 133 Å². The topological polar surface area (TPSA) is 64.3 Å². The second-order valence-corrected chi connectivity index (χ2v) is 6.04. The molecule has 1 aromatic carbocycles. The molecule has 1 aliphatic rings. The maximum atomic E-state index is 12.7. The maximum absolute atomic E-state index is 12.7. The fraction of sp³-hybridized carbons (Fsp3) is 0.211. The molecule has 4 heteroatoms. The number of carbonyl (C=O) groups is 3. The van der Waals surface area contributed by atoms with Gasteiger partial charge in [-0.15, -0.1) is 0 Å². The highest BCUT2D eigenvalue weighted by Gasteiger charge is 2.30. The minimum absolute atomic E-state index is 0.0664. The summed E-state index contributed by atoms with van der Waals surface area (Å²) >= 11 is 0. The van der Waals surface area contributed by atoms with Gasteiger partial charge < -0.3 is 4.42 Å². The Morgan fingerprint density at radius 1 is 1.17 bits per heavy atom. The summed E-state index contributed by atoms with van der Waals surface area (Å²) in [6.45, 7) is 4.22. The molecule has 1 heterocycles. The zero-order valence-corrected chi connectivity index (χ0v) is 13.0. The van der Waals surface area contributed by atoms with Crippen molar-refractivity contribution in [3.63, 3.8) is 0 Å². The van der Waals surface area contributed by atoms with Gasteiger partial charge in [-0.1, -0.05) is 32.0 Å². The molecule has 0 radical (unpaired) electrons. The van der Waals surface area contributed by atoms with E-state index < -0.39 is 11.6 Å². The Bertz CT molecular complexity index is 837. The van der Waals surface area contributed by atoms with Crippen LogP contribution in [0.15, 0.2) is 41.0 Å². The molecule has 23 heavy (non-hydrogen) atoms. The van der Waals surface area contributed by atoms with Crippen LogP contribution in [0.4, 0.5) is 0 Å². The maximum Gasteiger partial charge on any atom is 0.237 e. The molecular formula is C19H16O4. The van der Waals surface area contributed by atoms with Gasteiger partial charge in [0.2, 0.25) is 11.6 Å². The largest absolute Gasteiger partial charge is 0.463 e. The molecule has 0 saturated carbocycles. The molecule has 0 bridgehead atoms. The Kier molecular flexibility index (Phi) is 3.82. The van der Waals surface area contributed by atoms with Gasteiger partial charge in [-0.25, -0.2) is 0 Å². The number of hydrogen-bond acceptors (Lipinski definition) is 4. The van der Waals surface area contributed by atoms with Crippen LogP contribution in [0.1, 0.15) is 51.5 Å². The highest BCUT2D eigenvalue weighted by Crippen LogP contribution is 2.26. The Morgan fingerprint density at radius 3 is 2.70 bits per heavy atom. The van der Waals surface area contributed by atoms with E-state index in [-0.39, 0.29) is 22.7 Å². The van der Waals surface area contributed by atoms with Crippen molar-refractivity contribution >= 4 is 23.4 Å². The van der Waals surface area contributed by atoms with E-state index in [2.05, 4.69) is 13.8 Å². The summed E-state index contributed by atoms with van der Waals surface area (Å²) in [7, 11) is 0.